The number of carbonyl (C=O) groups excluding carboxylic acids is 2. The van der Waals surface area contributed by atoms with Crippen LogP contribution < -0.4 is 10.1 Å². The van der Waals surface area contributed by atoms with Gasteiger partial charge in [0, 0.05) is 21.9 Å². The average molecular weight is 476 g/mol. The van der Waals surface area contributed by atoms with Crippen molar-refractivity contribution in [1.29, 1.82) is 0 Å². The molecule has 168 valence electrons. The van der Waals surface area contributed by atoms with Crippen LogP contribution in [0.25, 0.3) is 0 Å². The number of β-lactam (4-membered cyclic amide) rings is 1. The summed E-state index contributed by atoms with van der Waals surface area (Å²) in [6.45, 7) is 3.37. The Kier molecular flexibility index (Phi) is 5.97. The Labute approximate surface area is 192 Å². The van der Waals surface area contributed by atoms with Crippen LogP contribution in [-0.4, -0.2) is 57.1 Å². The van der Waals surface area contributed by atoms with Gasteiger partial charge < -0.3 is 25.2 Å². The third-order valence-corrected chi connectivity index (χ3v) is 7.80. The molecule has 1 fully saturated rings. The number of methoxy groups -OCH3 is 1. The molecule has 0 spiro atoms. The molecule has 0 bridgehead atoms. The molecule has 0 unspecified atom stereocenters. The number of nitrogens with one attached hydrogen (secondary N) is 1. The lowest BCUT2D eigenvalue weighted by Crippen LogP contribution is -2.63. The first-order valence-electron chi connectivity index (χ1n) is 9.80. The summed E-state index contributed by atoms with van der Waals surface area (Å²) in [6.07, 6.45) is -0.862. The summed E-state index contributed by atoms with van der Waals surface area (Å²) in [7, 11) is 1.56. The van der Waals surface area contributed by atoms with Crippen molar-refractivity contribution >= 4 is 46.6 Å². The van der Waals surface area contributed by atoms with Crippen molar-refractivity contribution in [2.45, 2.75) is 30.3 Å². The fraction of sp³-hybridized carbons (Fsp3) is 0.333. The molecule has 1 saturated heterocycles. The van der Waals surface area contributed by atoms with Crippen molar-refractivity contribution in [3.63, 3.8) is 0 Å². The van der Waals surface area contributed by atoms with E-state index in [0.717, 1.165) is 11.8 Å². The second-order valence-electron chi connectivity index (χ2n) is 7.56. The van der Waals surface area contributed by atoms with Crippen molar-refractivity contribution in [3.8, 4) is 5.75 Å². The van der Waals surface area contributed by atoms with Gasteiger partial charge in [-0.1, -0.05) is 18.7 Å². The van der Waals surface area contributed by atoms with E-state index in [9.17, 15) is 24.6 Å². The highest BCUT2D eigenvalue weighted by Crippen LogP contribution is 2.52. The lowest BCUT2D eigenvalue weighted by Gasteiger charge is -2.46. The van der Waals surface area contributed by atoms with E-state index < -0.39 is 29.9 Å². The summed E-state index contributed by atoms with van der Waals surface area (Å²) in [4.78, 5) is 43.0. The van der Waals surface area contributed by atoms with Gasteiger partial charge in [-0.2, -0.15) is 0 Å². The van der Waals surface area contributed by atoms with Gasteiger partial charge in [0.1, 0.15) is 17.1 Å². The SMILES string of the molecule is COc1ccc(NC(=O)c2csc(SC3=C(C(=O)O)N4C(=O)[C@H]([C@@H](C)O)[C@H]4[C@H]3C)n2)cc1. The maximum absolute atomic E-state index is 12.5. The molecule has 2 aliphatic rings. The molecule has 4 atom stereocenters. The quantitative estimate of drug-likeness (QED) is 0.521. The molecule has 32 heavy (non-hydrogen) atoms. The first-order chi connectivity index (χ1) is 15.2. The third kappa shape index (κ3) is 3.76. The van der Waals surface area contributed by atoms with Crippen LogP contribution in [0.1, 0.15) is 24.3 Å². The van der Waals surface area contributed by atoms with Crippen LogP contribution >= 0.6 is 23.1 Å². The number of aliphatic hydroxyl groups excluding tert-OH is 1. The number of thioether (sulfide) groups is 1. The highest BCUT2D eigenvalue weighted by molar-refractivity contribution is 8.04. The molecule has 3 heterocycles. The number of carboxylic acids is 1. The zero-order chi connectivity index (χ0) is 23.2. The molecule has 0 radical (unpaired) electrons. The summed E-state index contributed by atoms with van der Waals surface area (Å²) >= 11 is 2.36. The number of aliphatic hydroxyl groups is 1. The number of fused-ring (bicyclic) bond motifs is 1. The molecule has 2 aromatic rings. The van der Waals surface area contributed by atoms with E-state index in [-0.39, 0.29) is 23.2 Å². The predicted molar refractivity (Wildman–Crippen MR) is 119 cm³/mol. The molecule has 2 aliphatic heterocycles. The molecule has 0 saturated carbocycles. The van der Waals surface area contributed by atoms with Crippen molar-refractivity contribution < 1.29 is 29.3 Å². The fourth-order valence-electron chi connectivity index (χ4n) is 4.03. The van der Waals surface area contributed by atoms with Crippen molar-refractivity contribution in [1.82, 2.24) is 9.88 Å². The number of aliphatic carboxylic acids is 1. The zero-order valence-corrected chi connectivity index (χ0v) is 19.1. The number of carbonyl (C=O) groups is 3. The van der Waals surface area contributed by atoms with Crippen molar-refractivity contribution in [2.75, 3.05) is 12.4 Å². The average Bonchev–Trinajstić information content (AvgIpc) is 3.31. The number of amides is 2. The molecular formula is C21H21N3O6S2. The predicted octanol–water partition coefficient (Wildman–Crippen LogP) is 2.65. The van der Waals surface area contributed by atoms with Gasteiger partial charge in [0.05, 0.1) is 25.2 Å². The Balaban J connectivity index is 1.51. The number of ether oxygens (including phenoxy) is 1. The second kappa shape index (κ2) is 8.57. The maximum Gasteiger partial charge on any atom is 0.353 e. The van der Waals surface area contributed by atoms with Gasteiger partial charge in [0.25, 0.3) is 5.91 Å². The van der Waals surface area contributed by atoms with Gasteiger partial charge in [-0.3, -0.25) is 9.59 Å². The minimum atomic E-state index is -1.20. The number of hydrogen-bond donors (Lipinski definition) is 3. The molecule has 11 heteroatoms. The Hall–Kier alpha value is -2.89. The van der Waals surface area contributed by atoms with E-state index in [0.29, 0.717) is 20.7 Å². The monoisotopic (exact) mass is 475 g/mol. The highest BCUT2D eigenvalue weighted by atomic mass is 32.2. The largest absolute Gasteiger partial charge is 0.497 e. The highest BCUT2D eigenvalue weighted by Gasteiger charge is 2.60. The summed E-state index contributed by atoms with van der Waals surface area (Å²) in [5, 5.41) is 24.0. The van der Waals surface area contributed by atoms with Gasteiger partial charge in [0.2, 0.25) is 5.91 Å². The zero-order valence-electron chi connectivity index (χ0n) is 17.4. The van der Waals surface area contributed by atoms with Crippen LogP contribution in [0.4, 0.5) is 5.69 Å². The third-order valence-electron chi connectivity index (χ3n) is 5.57. The van der Waals surface area contributed by atoms with Crippen LogP contribution in [0.2, 0.25) is 0 Å². The van der Waals surface area contributed by atoms with E-state index in [4.69, 9.17) is 4.74 Å². The van der Waals surface area contributed by atoms with Crippen LogP contribution in [0.3, 0.4) is 0 Å². The van der Waals surface area contributed by atoms with Gasteiger partial charge in [-0.05, 0) is 31.2 Å². The smallest absolute Gasteiger partial charge is 0.353 e. The van der Waals surface area contributed by atoms with Crippen LogP contribution in [0.15, 0.2) is 44.6 Å². The molecule has 0 aliphatic carbocycles. The summed E-state index contributed by atoms with van der Waals surface area (Å²) in [5.74, 6) is -2.21. The second-order valence-corrected chi connectivity index (χ2v) is 9.70. The topological polar surface area (TPSA) is 129 Å². The lowest BCUT2D eigenvalue weighted by atomic mass is 9.79. The van der Waals surface area contributed by atoms with E-state index in [1.54, 1.807) is 36.8 Å². The van der Waals surface area contributed by atoms with E-state index >= 15 is 0 Å². The summed E-state index contributed by atoms with van der Waals surface area (Å²) in [6, 6.07) is 6.48. The van der Waals surface area contributed by atoms with E-state index in [1.807, 2.05) is 6.92 Å². The molecule has 1 aromatic carbocycles. The van der Waals surface area contributed by atoms with Crippen molar-refractivity contribution in [3.05, 3.63) is 45.9 Å². The number of nitrogens with zero attached hydrogens (tertiary/aromatic N) is 2. The number of rotatable bonds is 7. The minimum Gasteiger partial charge on any atom is -0.497 e. The first kappa shape index (κ1) is 22.3. The Morgan fingerprint density at radius 3 is 2.59 bits per heavy atom. The molecule has 4 rings (SSSR count). The molecular weight excluding hydrogens is 454 g/mol. The Morgan fingerprint density at radius 1 is 1.31 bits per heavy atom. The van der Waals surface area contributed by atoms with Gasteiger partial charge >= 0.3 is 5.97 Å². The van der Waals surface area contributed by atoms with Gasteiger partial charge in [-0.15, -0.1) is 11.3 Å². The molecule has 9 nitrogen and oxygen atoms in total. The Morgan fingerprint density at radius 2 is 2.00 bits per heavy atom. The van der Waals surface area contributed by atoms with Crippen LogP contribution in [-0.2, 0) is 9.59 Å². The Bertz CT molecular complexity index is 1110. The van der Waals surface area contributed by atoms with Crippen LogP contribution in [0.5, 0.6) is 5.75 Å². The summed E-state index contributed by atoms with van der Waals surface area (Å²) < 4.78 is 5.59. The van der Waals surface area contributed by atoms with E-state index in [2.05, 4.69) is 10.3 Å². The van der Waals surface area contributed by atoms with E-state index in [1.165, 1.54) is 23.2 Å². The van der Waals surface area contributed by atoms with Crippen LogP contribution in [0, 0.1) is 11.8 Å². The lowest BCUT2D eigenvalue weighted by molar-refractivity contribution is -0.163. The minimum absolute atomic E-state index is 0.0752. The number of carboxylic acid groups (broad SMARTS) is 1. The fourth-order valence-corrected chi connectivity index (χ4v) is 6.10. The number of thiazole rings is 1. The van der Waals surface area contributed by atoms with Gasteiger partial charge in [-0.25, -0.2) is 9.78 Å². The maximum atomic E-state index is 12.5. The van der Waals surface area contributed by atoms with Crippen molar-refractivity contribution in [2.24, 2.45) is 11.8 Å². The number of benzene rings is 1. The normalized spacial score (nSPS) is 22.9. The molecule has 1 aromatic heterocycles. The standard InChI is InChI=1S/C21H21N3O6S2/c1-9-15-14(10(2)25)19(27)24(15)16(20(28)29)17(9)32-21-23-13(8-31-21)18(26)22-11-4-6-12(30-3)7-5-11/h4-10,14-15,25H,1-3H3,(H,22,26)(H,28,29)/t9-,10-,14-,15-/m1/s1. The number of aromatic nitrogens is 1. The molecule has 2 amide bonds. The number of anilines is 1. The van der Waals surface area contributed by atoms with Gasteiger partial charge in [0.15, 0.2) is 4.34 Å². The first-order valence-corrected chi connectivity index (χ1v) is 11.5. The summed E-state index contributed by atoms with van der Waals surface area (Å²) in [5.41, 5.74) is 0.719. The number of hydrogen-bond acceptors (Lipinski definition) is 8. The molecule has 3 N–H and O–H groups in total.